The number of likely N-dealkylation sites (N-methyl/N-ethyl adjacent to an activating group) is 1. The van der Waals surface area contributed by atoms with Crippen LogP contribution in [0.4, 0.5) is 0 Å². The Labute approximate surface area is 116 Å². The van der Waals surface area contributed by atoms with Gasteiger partial charge in [0, 0.05) is 19.1 Å². The molecule has 1 N–H and O–H groups in total. The summed E-state index contributed by atoms with van der Waals surface area (Å²) in [5.41, 5.74) is 1.38. The zero-order valence-electron chi connectivity index (χ0n) is 12.2. The van der Waals surface area contributed by atoms with Crippen molar-refractivity contribution in [3.8, 4) is 5.75 Å². The summed E-state index contributed by atoms with van der Waals surface area (Å²) in [5.74, 6) is 0.968. The molecule has 0 aromatic heterocycles. The van der Waals surface area contributed by atoms with Crippen molar-refractivity contribution in [1.82, 2.24) is 10.2 Å². The van der Waals surface area contributed by atoms with Crippen molar-refractivity contribution < 1.29 is 4.74 Å². The van der Waals surface area contributed by atoms with Crippen LogP contribution in [0.3, 0.4) is 0 Å². The van der Waals surface area contributed by atoms with E-state index in [9.17, 15) is 0 Å². The lowest BCUT2D eigenvalue weighted by Crippen LogP contribution is -2.45. The molecule has 1 unspecified atom stereocenters. The van der Waals surface area contributed by atoms with Crippen molar-refractivity contribution in [3.63, 3.8) is 0 Å². The van der Waals surface area contributed by atoms with Crippen LogP contribution in [0.5, 0.6) is 5.75 Å². The van der Waals surface area contributed by atoms with E-state index in [0.29, 0.717) is 6.04 Å². The number of ether oxygens (including phenoxy) is 1. The molecule has 1 aromatic rings. The summed E-state index contributed by atoms with van der Waals surface area (Å²) < 4.78 is 5.48. The van der Waals surface area contributed by atoms with E-state index in [1.165, 1.54) is 31.5 Å². The van der Waals surface area contributed by atoms with E-state index in [1.807, 2.05) is 6.92 Å². The van der Waals surface area contributed by atoms with E-state index in [4.69, 9.17) is 4.74 Å². The Hall–Kier alpha value is -1.06. The maximum atomic E-state index is 5.48. The maximum Gasteiger partial charge on any atom is 0.119 e. The van der Waals surface area contributed by atoms with Gasteiger partial charge in [-0.15, -0.1) is 0 Å². The molecule has 3 nitrogen and oxygen atoms in total. The Morgan fingerprint density at radius 3 is 2.74 bits per heavy atom. The molecule has 1 aliphatic rings. The van der Waals surface area contributed by atoms with Gasteiger partial charge in [0.15, 0.2) is 0 Å². The number of hydrogen-bond donors (Lipinski definition) is 1. The third-order valence-corrected chi connectivity index (χ3v) is 3.64. The predicted octanol–water partition coefficient (Wildman–Crippen LogP) is 2.66. The van der Waals surface area contributed by atoms with Crippen LogP contribution < -0.4 is 10.1 Å². The Morgan fingerprint density at radius 2 is 2.05 bits per heavy atom. The third-order valence-electron chi connectivity index (χ3n) is 3.64. The van der Waals surface area contributed by atoms with Gasteiger partial charge < -0.3 is 10.1 Å². The highest BCUT2D eigenvalue weighted by molar-refractivity contribution is 5.27. The minimum Gasteiger partial charge on any atom is -0.494 e. The highest BCUT2D eigenvalue weighted by Crippen LogP contribution is 2.16. The van der Waals surface area contributed by atoms with Crippen LogP contribution >= 0.6 is 0 Å². The van der Waals surface area contributed by atoms with E-state index >= 15 is 0 Å². The van der Waals surface area contributed by atoms with Crippen molar-refractivity contribution in [2.24, 2.45) is 0 Å². The molecule has 0 radical (unpaired) electrons. The average molecular weight is 262 g/mol. The Balaban J connectivity index is 1.85. The summed E-state index contributed by atoms with van der Waals surface area (Å²) in [6.07, 6.45) is 2.61. The highest BCUT2D eigenvalue weighted by Gasteiger charge is 2.18. The van der Waals surface area contributed by atoms with Crippen molar-refractivity contribution in [3.05, 3.63) is 29.8 Å². The number of rotatable bonds is 6. The quantitative estimate of drug-likeness (QED) is 0.853. The number of likely N-dealkylation sites (tertiary alicyclic amines) is 1. The first-order valence-electron chi connectivity index (χ1n) is 7.49. The Morgan fingerprint density at radius 1 is 1.26 bits per heavy atom. The lowest BCUT2D eigenvalue weighted by Gasteiger charge is -2.33. The second-order valence-corrected chi connectivity index (χ2v) is 5.21. The molecule has 1 heterocycles. The molecule has 0 spiro atoms. The van der Waals surface area contributed by atoms with Crippen LogP contribution in [0.2, 0.25) is 0 Å². The molecular weight excluding hydrogens is 236 g/mol. The van der Waals surface area contributed by atoms with E-state index in [0.717, 1.165) is 25.4 Å². The summed E-state index contributed by atoms with van der Waals surface area (Å²) in [5, 5.41) is 3.56. The Kier molecular flexibility index (Phi) is 5.67. The lowest BCUT2D eigenvalue weighted by molar-refractivity contribution is 0.184. The lowest BCUT2D eigenvalue weighted by atomic mass is 10.0. The molecule has 106 valence electrons. The normalized spacial score (nSPS) is 20.4. The van der Waals surface area contributed by atoms with Crippen molar-refractivity contribution in [1.29, 1.82) is 0 Å². The van der Waals surface area contributed by atoms with Gasteiger partial charge in [-0.2, -0.15) is 0 Å². The van der Waals surface area contributed by atoms with E-state index in [-0.39, 0.29) is 0 Å². The van der Waals surface area contributed by atoms with E-state index < -0.39 is 0 Å². The third kappa shape index (κ3) is 4.51. The summed E-state index contributed by atoms with van der Waals surface area (Å²) in [4.78, 5) is 2.55. The van der Waals surface area contributed by atoms with Gasteiger partial charge in [0.05, 0.1) is 6.61 Å². The maximum absolute atomic E-state index is 5.48. The van der Waals surface area contributed by atoms with Crippen LogP contribution in [0.15, 0.2) is 24.3 Å². The van der Waals surface area contributed by atoms with Gasteiger partial charge >= 0.3 is 0 Å². The molecule has 0 saturated carbocycles. The average Bonchev–Trinajstić information content (AvgIpc) is 2.42. The predicted molar refractivity (Wildman–Crippen MR) is 79.6 cm³/mol. The summed E-state index contributed by atoms with van der Waals surface area (Å²) in [7, 11) is 0. The fourth-order valence-electron chi connectivity index (χ4n) is 2.77. The molecule has 19 heavy (non-hydrogen) atoms. The van der Waals surface area contributed by atoms with Gasteiger partial charge in [-0.05, 0) is 50.6 Å². The molecule has 0 aliphatic carbocycles. The molecule has 1 aliphatic heterocycles. The SMILES string of the molecule is CCNC1CCCN(Cc2ccc(OCC)cc2)C1. The zero-order valence-corrected chi connectivity index (χ0v) is 12.2. The smallest absolute Gasteiger partial charge is 0.119 e. The first-order chi connectivity index (χ1) is 9.31. The van der Waals surface area contributed by atoms with Crippen LogP contribution in [-0.4, -0.2) is 37.2 Å². The molecular formula is C16H26N2O. The van der Waals surface area contributed by atoms with Gasteiger partial charge in [-0.1, -0.05) is 19.1 Å². The van der Waals surface area contributed by atoms with Crippen LogP contribution in [-0.2, 0) is 6.54 Å². The molecule has 2 rings (SSSR count). The molecule has 1 atom stereocenters. The number of nitrogens with zero attached hydrogens (tertiary/aromatic N) is 1. The number of hydrogen-bond acceptors (Lipinski definition) is 3. The molecule has 1 saturated heterocycles. The first kappa shape index (κ1) is 14.4. The number of piperidine rings is 1. The van der Waals surface area contributed by atoms with Crippen molar-refractivity contribution >= 4 is 0 Å². The van der Waals surface area contributed by atoms with E-state index in [1.54, 1.807) is 0 Å². The van der Waals surface area contributed by atoms with Crippen molar-refractivity contribution in [2.75, 3.05) is 26.2 Å². The summed E-state index contributed by atoms with van der Waals surface area (Å²) in [6, 6.07) is 9.18. The van der Waals surface area contributed by atoms with Crippen LogP contribution in [0, 0.1) is 0 Å². The highest BCUT2D eigenvalue weighted by atomic mass is 16.5. The second kappa shape index (κ2) is 7.51. The standard InChI is InChI=1S/C16H26N2O/c1-3-17-15-6-5-11-18(13-15)12-14-7-9-16(10-8-14)19-4-2/h7-10,15,17H,3-6,11-13H2,1-2H3. The monoisotopic (exact) mass is 262 g/mol. The topological polar surface area (TPSA) is 24.5 Å². The van der Waals surface area contributed by atoms with Crippen LogP contribution in [0.25, 0.3) is 0 Å². The molecule has 1 fully saturated rings. The minimum absolute atomic E-state index is 0.668. The molecule has 0 bridgehead atoms. The van der Waals surface area contributed by atoms with Gasteiger partial charge in [-0.25, -0.2) is 0 Å². The van der Waals surface area contributed by atoms with Gasteiger partial charge in [0.1, 0.15) is 5.75 Å². The van der Waals surface area contributed by atoms with E-state index in [2.05, 4.69) is 41.4 Å². The largest absolute Gasteiger partial charge is 0.494 e. The molecule has 0 amide bonds. The first-order valence-corrected chi connectivity index (χ1v) is 7.49. The molecule has 1 aromatic carbocycles. The van der Waals surface area contributed by atoms with Crippen molar-refractivity contribution in [2.45, 2.75) is 39.3 Å². The van der Waals surface area contributed by atoms with Gasteiger partial charge in [0.2, 0.25) is 0 Å². The number of nitrogens with one attached hydrogen (secondary N) is 1. The molecule has 3 heteroatoms. The van der Waals surface area contributed by atoms with Gasteiger partial charge in [-0.3, -0.25) is 4.90 Å². The minimum atomic E-state index is 0.668. The fourth-order valence-corrected chi connectivity index (χ4v) is 2.77. The summed E-state index contributed by atoms with van der Waals surface area (Å²) in [6.45, 7) is 9.44. The zero-order chi connectivity index (χ0) is 13.5. The van der Waals surface area contributed by atoms with Crippen LogP contribution in [0.1, 0.15) is 32.3 Å². The Bertz CT molecular complexity index is 362. The second-order valence-electron chi connectivity index (χ2n) is 5.21. The fraction of sp³-hybridized carbons (Fsp3) is 0.625. The van der Waals surface area contributed by atoms with Gasteiger partial charge in [0.25, 0.3) is 0 Å². The number of benzene rings is 1. The summed E-state index contributed by atoms with van der Waals surface area (Å²) >= 11 is 0.